The highest BCUT2D eigenvalue weighted by molar-refractivity contribution is 6.03. The van der Waals surface area contributed by atoms with Crippen molar-refractivity contribution in [3.63, 3.8) is 0 Å². The van der Waals surface area contributed by atoms with Gasteiger partial charge in [0.15, 0.2) is 0 Å². The molecule has 0 spiro atoms. The van der Waals surface area contributed by atoms with Crippen LogP contribution in [0.25, 0.3) is 0 Å². The van der Waals surface area contributed by atoms with E-state index in [0.717, 1.165) is 6.42 Å². The van der Waals surface area contributed by atoms with Crippen molar-refractivity contribution in [2.75, 3.05) is 0 Å². The van der Waals surface area contributed by atoms with E-state index < -0.39 is 17.6 Å². The third-order valence-corrected chi connectivity index (χ3v) is 2.29. The Labute approximate surface area is 82.5 Å². The topological polar surface area (TPSA) is 17.1 Å². The second-order valence-corrected chi connectivity index (χ2v) is 3.75. The van der Waals surface area contributed by atoms with Gasteiger partial charge in [-0.15, -0.1) is 0 Å². The Balaban J connectivity index is 2.84. The van der Waals surface area contributed by atoms with Crippen molar-refractivity contribution < 1.29 is 13.6 Å². The van der Waals surface area contributed by atoms with Crippen LogP contribution in [-0.4, -0.2) is 11.7 Å². The summed E-state index contributed by atoms with van der Waals surface area (Å²) >= 11 is 0. The van der Waals surface area contributed by atoms with Gasteiger partial charge < -0.3 is 0 Å². The van der Waals surface area contributed by atoms with E-state index >= 15 is 0 Å². The Morgan fingerprint density at radius 1 is 1.43 bits per heavy atom. The van der Waals surface area contributed by atoms with E-state index in [-0.39, 0.29) is 5.57 Å². The molecule has 0 aromatic heterocycles. The first-order valence-electron chi connectivity index (χ1n) is 4.75. The lowest BCUT2D eigenvalue weighted by Gasteiger charge is -2.19. The van der Waals surface area contributed by atoms with Crippen molar-refractivity contribution in [1.82, 2.24) is 0 Å². The van der Waals surface area contributed by atoms with Crippen LogP contribution in [0.5, 0.6) is 0 Å². The number of Topliss-reactive ketones (excluding diaryl/α,β-unsaturated/α-hetero) is 1. The molecule has 0 fully saturated rings. The molecule has 0 radical (unpaired) electrons. The number of alkyl halides is 2. The van der Waals surface area contributed by atoms with Crippen LogP contribution in [0.15, 0.2) is 23.8 Å². The van der Waals surface area contributed by atoms with E-state index in [1.54, 1.807) is 12.2 Å². The molecule has 0 aliphatic heterocycles. The van der Waals surface area contributed by atoms with Crippen LogP contribution in [0.1, 0.15) is 26.7 Å². The lowest BCUT2D eigenvalue weighted by atomic mass is 9.93. The predicted molar refractivity (Wildman–Crippen MR) is 51.2 cm³/mol. The lowest BCUT2D eigenvalue weighted by Crippen LogP contribution is -2.35. The molecule has 0 atom stereocenters. The molecule has 0 heterocycles. The lowest BCUT2D eigenvalue weighted by molar-refractivity contribution is -0.144. The van der Waals surface area contributed by atoms with Gasteiger partial charge >= 0.3 is 5.92 Å². The molecule has 0 saturated heterocycles. The molecule has 14 heavy (non-hydrogen) atoms. The van der Waals surface area contributed by atoms with Crippen LogP contribution < -0.4 is 0 Å². The predicted octanol–water partition coefficient (Wildman–Crippen LogP) is 3.12. The second kappa shape index (κ2) is 4.03. The zero-order valence-corrected chi connectivity index (χ0v) is 8.39. The summed E-state index contributed by atoms with van der Waals surface area (Å²) in [5.41, 5.74) is 0.148. The SMILES string of the molecule is CC(C)C(F)(F)C(=O)C1=CCCC=C1. The highest BCUT2D eigenvalue weighted by Gasteiger charge is 2.42. The normalized spacial score (nSPS) is 17.1. The minimum absolute atomic E-state index is 0.148. The molecule has 0 aromatic carbocycles. The Hall–Kier alpha value is -0.990. The molecule has 1 aliphatic carbocycles. The van der Waals surface area contributed by atoms with Gasteiger partial charge in [-0.05, 0) is 12.8 Å². The Bertz CT molecular complexity index is 288. The molecule has 1 aliphatic rings. The number of ketones is 1. The smallest absolute Gasteiger partial charge is 0.287 e. The van der Waals surface area contributed by atoms with Gasteiger partial charge in [-0.25, -0.2) is 0 Å². The quantitative estimate of drug-likeness (QED) is 0.684. The molecule has 0 amide bonds. The van der Waals surface area contributed by atoms with E-state index in [1.807, 2.05) is 0 Å². The first-order chi connectivity index (χ1) is 6.46. The monoisotopic (exact) mass is 200 g/mol. The molecule has 0 saturated carbocycles. The number of hydrogen-bond donors (Lipinski definition) is 0. The zero-order valence-electron chi connectivity index (χ0n) is 8.39. The average molecular weight is 200 g/mol. The van der Waals surface area contributed by atoms with Crippen molar-refractivity contribution >= 4 is 5.78 Å². The van der Waals surface area contributed by atoms with E-state index in [2.05, 4.69) is 0 Å². The fourth-order valence-electron chi connectivity index (χ4n) is 1.24. The minimum Gasteiger partial charge on any atom is -0.287 e. The molecular weight excluding hydrogens is 186 g/mol. The standard InChI is InChI=1S/C11H14F2O/c1-8(2)11(12,13)10(14)9-6-4-3-5-7-9/h4,6-8H,3,5H2,1-2H3. The summed E-state index contributed by atoms with van der Waals surface area (Å²) < 4.78 is 26.6. The van der Waals surface area contributed by atoms with E-state index in [4.69, 9.17) is 0 Å². The molecular formula is C11H14F2O. The maximum Gasteiger partial charge on any atom is 0.311 e. The van der Waals surface area contributed by atoms with Gasteiger partial charge in [0, 0.05) is 11.5 Å². The molecule has 0 unspecified atom stereocenters. The Kier molecular flexibility index (Phi) is 3.19. The zero-order chi connectivity index (χ0) is 10.8. The summed E-state index contributed by atoms with van der Waals surface area (Å²) in [5.74, 6) is -5.25. The fourth-order valence-corrected chi connectivity index (χ4v) is 1.24. The summed E-state index contributed by atoms with van der Waals surface area (Å²) in [4.78, 5) is 11.4. The molecule has 1 rings (SSSR count). The highest BCUT2D eigenvalue weighted by atomic mass is 19.3. The minimum atomic E-state index is -3.24. The van der Waals surface area contributed by atoms with Crippen molar-refractivity contribution in [2.45, 2.75) is 32.6 Å². The third-order valence-electron chi connectivity index (χ3n) is 2.29. The largest absolute Gasteiger partial charge is 0.311 e. The summed E-state index contributed by atoms with van der Waals surface area (Å²) in [6.07, 6.45) is 6.32. The van der Waals surface area contributed by atoms with E-state index in [9.17, 15) is 13.6 Å². The van der Waals surface area contributed by atoms with Crippen LogP contribution in [-0.2, 0) is 4.79 Å². The van der Waals surface area contributed by atoms with Crippen LogP contribution in [0.3, 0.4) is 0 Å². The summed E-state index contributed by atoms with van der Waals surface area (Å²) in [6.45, 7) is 2.70. The van der Waals surface area contributed by atoms with Crippen molar-refractivity contribution in [3.05, 3.63) is 23.8 Å². The van der Waals surface area contributed by atoms with Gasteiger partial charge in [0.05, 0.1) is 0 Å². The Morgan fingerprint density at radius 3 is 2.50 bits per heavy atom. The van der Waals surface area contributed by atoms with Crippen molar-refractivity contribution in [2.24, 2.45) is 5.92 Å². The van der Waals surface area contributed by atoms with Gasteiger partial charge in [0.1, 0.15) is 0 Å². The number of carbonyl (C=O) groups excluding carboxylic acids is 1. The van der Waals surface area contributed by atoms with Gasteiger partial charge in [-0.2, -0.15) is 8.78 Å². The molecule has 0 N–H and O–H groups in total. The maximum atomic E-state index is 13.3. The number of rotatable bonds is 3. The molecule has 3 heteroatoms. The van der Waals surface area contributed by atoms with Crippen LogP contribution in [0.2, 0.25) is 0 Å². The summed E-state index contributed by atoms with van der Waals surface area (Å²) in [7, 11) is 0. The van der Waals surface area contributed by atoms with Crippen LogP contribution in [0, 0.1) is 5.92 Å². The van der Waals surface area contributed by atoms with E-state index in [1.165, 1.54) is 19.9 Å². The first-order valence-corrected chi connectivity index (χ1v) is 4.75. The summed E-state index contributed by atoms with van der Waals surface area (Å²) in [6, 6.07) is 0. The average Bonchev–Trinajstić information content (AvgIpc) is 2.17. The number of hydrogen-bond acceptors (Lipinski definition) is 1. The number of allylic oxidation sites excluding steroid dienone is 4. The second-order valence-electron chi connectivity index (χ2n) is 3.75. The highest BCUT2D eigenvalue weighted by Crippen LogP contribution is 2.29. The number of carbonyl (C=O) groups is 1. The van der Waals surface area contributed by atoms with Gasteiger partial charge in [-0.1, -0.05) is 32.1 Å². The van der Waals surface area contributed by atoms with Gasteiger partial charge in [-0.3, -0.25) is 4.79 Å². The van der Waals surface area contributed by atoms with Crippen molar-refractivity contribution in [1.29, 1.82) is 0 Å². The summed E-state index contributed by atoms with van der Waals surface area (Å²) in [5, 5.41) is 0. The molecule has 0 aromatic rings. The van der Waals surface area contributed by atoms with Crippen LogP contribution >= 0.6 is 0 Å². The first kappa shape index (κ1) is 11.1. The molecule has 1 nitrogen and oxygen atoms in total. The molecule has 78 valence electrons. The van der Waals surface area contributed by atoms with Gasteiger partial charge in [0.25, 0.3) is 0 Å². The van der Waals surface area contributed by atoms with Gasteiger partial charge in [0.2, 0.25) is 5.78 Å². The third kappa shape index (κ3) is 2.08. The maximum absolute atomic E-state index is 13.3. The van der Waals surface area contributed by atoms with Crippen molar-refractivity contribution in [3.8, 4) is 0 Å². The van der Waals surface area contributed by atoms with Crippen LogP contribution in [0.4, 0.5) is 8.78 Å². The Morgan fingerprint density at radius 2 is 2.07 bits per heavy atom. The number of halogens is 2. The molecule has 0 bridgehead atoms. The fraction of sp³-hybridized carbons (Fsp3) is 0.545. The van der Waals surface area contributed by atoms with E-state index in [0.29, 0.717) is 6.42 Å².